The first-order valence-corrected chi connectivity index (χ1v) is 6.33. The second-order valence-electron chi connectivity index (χ2n) is 4.57. The van der Waals surface area contributed by atoms with Gasteiger partial charge >= 0.3 is 0 Å². The van der Waals surface area contributed by atoms with Crippen molar-refractivity contribution >= 4 is 6.21 Å². The Labute approximate surface area is 106 Å². The highest BCUT2D eigenvalue weighted by Gasteiger charge is 2.13. The zero-order valence-electron chi connectivity index (χ0n) is 10.2. The van der Waals surface area contributed by atoms with Crippen LogP contribution in [0, 0.1) is 0 Å². The summed E-state index contributed by atoms with van der Waals surface area (Å²) in [5.41, 5.74) is 0.801. The third-order valence-electron chi connectivity index (χ3n) is 3.15. The van der Waals surface area contributed by atoms with E-state index < -0.39 is 6.43 Å². The first kappa shape index (κ1) is 13.0. The molecule has 1 aromatic carbocycles. The molecular formula is C14H17F2NO. The van der Waals surface area contributed by atoms with Crippen molar-refractivity contribution in [2.75, 3.05) is 0 Å². The first-order valence-electron chi connectivity index (χ1n) is 6.33. The van der Waals surface area contributed by atoms with Gasteiger partial charge in [0.2, 0.25) is 0 Å². The normalized spacial score (nSPS) is 17.5. The Morgan fingerprint density at radius 1 is 1.11 bits per heavy atom. The highest BCUT2D eigenvalue weighted by Crippen LogP contribution is 2.20. The van der Waals surface area contributed by atoms with Gasteiger partial charge in [-0.2, -0.15) is 0 Å². The van der Waals surface area contributed by atoms with E-state index in [1.807, 2.05) is 0 Å². The quantitative estimate of drug-likeness (QED) is 0.579. The fraction of sp³-hybridized carbons (Fsp3) is 0.500. The van der Waals surface area contributed by atoms with Crippen molar-refractivity contribution in [3.63, 3.8) is 0 Å². The van der Waals surface area contributed by atoms with Gasteiger partial charge < -0.3 is 4.84 Å². The Morgan fingerprint density at radius 3 is 2.39 bits per heavy atom. The molecular weight excluding hydrogens is 236 g/mol. The minimum atomic E-state index is -2.42. The third kappa shape index (κ3) is 3.79. The summed E-state index contributed by atoms with van der Waals surface area (Å²) in [7, 11) is 0. The molecule has 1 fully saturated rings. The summed E-state index contributed by atoms with van der Waals surface area (Å²) in [6.07, 6.45) is 5.16. The maximum atomic E-state index is 12.3. The number of halogens is 2. The molecule has 0 saturated heterocycles. The number of oxime groups is 1. The van der Waals surface area contributed by atoms with Crippen LogP contribution in [0.4, 0.5) is 8.78 Å². The minimum Gasteiger partial charge on any atom is -0.393 e. The Hall–Kier alpha value is -1.45. The van der Waals surface area contributed by atoms with Gasteiger partial charge in [0.25, 0.3) is 6.43 Å². The molecule has 0 N–H and O–H groups in total. The number of hydrogen-bond donors (Lipinski definition) is 0. The van der Waals surface area contributed by atoms with E-state index >= 15 is 0 Å². The van der Waals surface area contributed by atoms with Gasteiger partial charge in [-0.3, -0.25) is 0 Å². The number of nitrogens with zero attached hydrogens (tertiary/aromatic N) is 1. The largest absolute Gasteiger partial charge is 0.393 e. The predicted molar refractivity (Wildman–Crippen MR) is 67.0 cm³/mol. The molecule has 4 heteroatoms. The summed E-state index contributed by atoms with van der Waals surface area (Å²) in [5.74, 6) is 0. The fourth-order valence-corrected chi connectivity index (χ4v) is 2.08. The second kappa shape index (κ2) is 6.47. The van der Waals surface area contributed by atoms with Gasteiger partial charge in [-0.05, 0) is 31.2 Å². The molecule has 0 aromatic heterocycles. The summed E-state index contributed by atoms with van der Waals surface area (Å²) >= 11 is 0. The molecule has 0 radical (unpaired) electrons. The van der Waals surface area contributed by atoms with Crippen LogP contribution in [0.3, 0.4) is 0 Å². The maximum absolute atomic E-state index is 12.3. The van der Waals surface area contributed by atoms with Crippen LogP contribution in [0.5, 0.6) is 0 Å². The Bertz CT molecular complexity index is 383. The molecule has 18 heavy (non-hydrogen) atoms. The molecule has 0 heterocycles. The van der Waals surface area contributed by atoms with Crippen LogP contribution >= 0.6 is 0 Å². The molecule has 0 atom stereocenters. The van der Waals surface area contributed by atoms with Gasteiger partial charge in [-0.1, -0.05) is 35.8 Å². The third-order valence-corrected chi connectivity index (χ3v) is 3.15. The topological polar surface area (TPSA) is 21.6 Å². The van der Waals surface area contributed by atoms with E-state index in [9.17, 15) is 8.78 Å². The number of alkyl halides is 2. The Balaban J connectivity index is 1.84. The Morgan fingerprint density at radius 2 is 1.78 bits per heavy atom. The van der Waals surface area contributed by atoms with Gasteiger partial charge in [0.1, 0.15) is 6.10 Å². The van der Waals surface area contributed by atoms with Crippen molar-refractivity contribution in [2.24, 2.45) is 5.16 Å². The van der Waals surface area contributed by atoms with Crippen LogP contribution in [-0.4, -0.2) is 12.3 Å². The van der Waals surface area contributed by atoms with Gasteiger partial charge in [0, 0.05) is 5.56 Å². The standard InChI is InChI=1S/C14H17F2NO/c15-14(16)12-8-6-11(7-9-12)10-17-18-13-4-2-1-3-5-13/h6-10,13-14H,1-5H2. The van der Waals surface area contributed by atoms with Gasteiger partial charge in [-0.25, -0.2) is 8.78 Å². The van der Waals surface area contributed by atoms with E-state index in [0.29, 0.717) is 0 Å². The lowest BCUT2D eigenvalue weighted by atomic mass is 9.98. The highest BCUT2D eigenvalue weighted by atomic mass is 19.3. The van der Waals surface area contributed by atoms with E-state index in [4.69, 9.17) is 4.84 Å². The van der Waals surface area contributed by atoms with E-state index in [1.165, 1.54) is 31.4 Å². The molecule has 0 unspecified atom stereocenters. The molecule has 0 spiro atoms. The molecule has 2 rings (SSSR count). The molecule has 0 amide bonds. The minimum absolute atomic E-state index is 0.0281. The average Bonchev–Trinajstić information content (AvgIpc) is 2.40. The molecule has 1 aliphatic carbocycles. The Kier molecular flexibility index (Phi) is 4.67. The van der Waals surface area contributed by atoms with E-state index in [2.05, 4.69) is 5.16 Å². The zero-order chi connectivity index (χ0) is 12.8. The molecule has 2 nitrogen and oxygen atoms in total. The lowest BCUT2D eigenvalue weighted by molar-refractivity contribution is 0.0340. The van der Waals surface area contributed by atoms with Crippen LogP contribution < -0.4 is 0 Å². The van der Waals surface area contributed by atoms with Gasteiger partial charge in [-0.15, -0.1) is 0 Å². The summed E-state index contributed by atoms with van der Waals surface area (Å²) in [6.45, 7) is 0. The lowest BCUT2D eigenvalue weighted by Gasteiger charge is -2.18. The van der Waals surface area contributed by atoms with E-state index in [-0.39, 0.29) is 11.7 Å². The molecule has 0 bridgehead atoms. The van der Waals surface area contributed by atoms with Crippen LogP contribution in [0.1, 0.15) is 49.7 Å². The van der Waals surface area contributed by atoms with Crippen molar-refractivity contribution in [2.45, 2.75) is 44.6 Å². The fourth-order valence-electron chi connectivity index (χ4n) is 2.08. The van der Waals surface area contributed by atoms with E-state index in [0.717, 1.165) is 18.4 Å². The van der Waals surface area contributed by atoms with Crippen LogP contribution in [0.2, 0.25) is 0 Å². The summed E-state index contributed by atoms with van der Waals surface area (Å²) in [4.78, 5) is 5.39. The number of hydrogen-bond acceptors (Lipinski definition) is 2. The van der Waals surface area contributed by atoms with Crippen molar-refractivity contribution < 1.29 is 13.6 Å². The molecule has 1 aromatic rings. The highest BCUT2D eigenvalue weighted by molar-refractivity contribution is 5.79. The summed E-state index contributed by atoms with van der Waals surface area (Å²) in [5, 5.41) is 3.93. The van der Waals surface area contributed by atoms with Gasteiger partial charge in [0.15, 0.2) is 0 Å². The zero-order valence-corrected chi connectivity index (χ0v) is 10.2. The van der Waals surface area contributed by atoms with Gasteiger partial charge in [0.05, 0.1) is 6.21 Å². The van der Waals surface area contributed by atoms with E-state index in [1.54, 1.807) is 18.3 Å². The molecule has 98 valence electrons. The average molecular weight is 253 g/mol. The number of benzene rings is 1. The smallest absolute Gasteiger partial charge is 0.263 e. The SMILES string of the molecule is FC(F)c1ccc(C=NOC2CCCCC2)cc1. The van der Waals surface area contributed by atoms with Crippen LogP contribution in [-0.2, 0) is 4.84 Å². The molecule has 1 saturated carbocycles. The lowest BCUT2D eigenvalue weighted by Crippen LogP contribution is -2.13. The van der Waals surface area contributed by atoms with Crippen molar-refractivity contribution in [1.82, 2.24) is 0 Å². The van der Waals surface area contributed by atoms with Crippen molar-refractivity contribution in [3.05, 3.63) is 35.4 Å². The summed E-state index contributed by atoms with van der Waals surface area (Å²) in [6, 6.07) is 6.06. The second-order valence-corrected chi connectivity index (χ2v) is 4.57. The summed E-state index contributed by atoms with van der Waals surface area (Å²) < 4.78 is 24.7. The number of rotatable bonds is 4. The van der Waals surface area contributed by atoms with Crippen molar-refractivity contribution in [1.29, 1.82) is 0 Å². The molecule has 1 aliphatic rings. The van der Waals surface area contributed by atoms with Crippen molar-refractivity contribution in [3.8, 4) is 0 Å². The monoisotopic (exact) mass is 253 g/mol. The van der Waals surface area contributed by atoms with Crippen LogP contribution in [0.15, 0.2) is 29.4 Å². The van der Waals surface area contributed by atoms with Crippen LogP contribution in [0.25, 0.3) is 0 Å². The maximum Gasteiger partial charge on any atom is 0.263 e. The first-order chi connectivity index (χ1) is 8.75. The predicted octanol–water partition coefficient (Wildman–Crippen LogP) is 4.31. The molecule has 0 aliphatic heterocycles.